The lowest BCUT2D eigenvalue weighted by Crippen LogP contribution is -1.95. The number of hydrogen-bond acceptors (Lipinski definition) is 3. The molecular formula is C11H10Cl2N2O. The summed E-state index contributed by atoms with van der Waals surface area (Å²) < 4.78 is 5.50. The highest BCUT2D eigenvalue weighted by Gasteiger charge is 2.05. The molecule has 0 radical (unpaired) electrons. The van der Waals surface area contributed by atoms with Crippen molar-refractivity contribution in [3.05, 3.63) is 28.6 Å². The number of hydrogen-bond donors (Lipinski definition) is 0. The van der Waals surface area contributed by atoms with Gasteiger partial charge in [-0.1, -0.05) is 18.5 Å². The molecule has 0 spiro atoms. The molecule has 1 heterocycles. The Morgan fingerprint density at radius 2 is 2.06 bits per heavy atom. The van der Waals surface area contributed by atoms with E-state index >= 15 is 0 Å². The first-order chi connectivity index (χ1) is 7.70. The van der Waals surface area contributed by atoms with Gasteiger partial charge in [-0.2, -0.15) is 0 Å². The van der Waals surface area contributed by atoms with Crippen LogP contribution in [0.1, 0.15) is 13.3 Å². The molecule has 1 aromatic carbocycles. The molecule has 0 bridgehead atoms. The molecule has 0 aliphatic heterocycles. The van der Waals surface area contributed by atoms with E-state index in [1.807, 2.05) is 18.2 Å². The maximum Gasteiger partial charge on any atom is 0.224 e. The summed E-state index contributed by atoms with van der Waals surface area (Å²) in [7, 11) is 0. The monoisotopic (exact) mass is 256 g/mol. The molecule has 1 aromatic heterocycles. The first-order valence-corrected chi connectivity index (χ1v) is 5.72. The number of rotatable bonds is 3. The minimum atomic E-state index is 0.144. The summed E-state index contributed by atoms with van der Waals surface area (Å²) >= 11 is 11.7. The molecule has 0 unspecified atom stereocenters. The van der Waals surface area contributed by atoms with Crippen molar-refractivity contribution in [2.75, 3.05) is 6.61 Å². The van der Waals surface area contributed by atoms with Gasteiger partial charge in [0, 0.05) is 11.5 Å². The molecule has 0 aliphatic rings. The Kier molecular flexibility index (Phi) is 3.46. The van der Waals surface area contributed by atoms with Crippen LogP contribution in [0.3, 0.4) is 0 Å². The van der Waals surface area contributed by atoms with E-state index in [1.54, 1.807) is 0 Å². The largest absolute Gasteiger partial charge is 0.494 e. The lowest BCUT2D eigenvalue weighted by atomic mass is 10.2. The molecule has 84 valence electrons. The predicted octanol–water partition coefficient (Wildman–Crippen LogP) is 3.73. The molecule has 5 heteroatoms. The zero-order chi connectivity index (χ0) is 11.5. The van der Waals surface area contributed by atoms with Crippen LogP contribution in [0, 0.1) is 0 Å². The second-order valence-corrected chi connectivity index (χ2v) is 4.01. The summed E-state index contributed by atoms with van der Waals surface area (Å²) in [5, 5.41) is 1.28. The Labute approximate surface area is 103 Å². The molecule has 0 N–H and O–H groups in total. The Balaban J connectivity index is 2.45. The Morgan fingerprint density at radius 3 is 2.81 bits per heavy atom. The minimum absolute atomic E-state index is 0.144. The average Bonchev–Trinajstić information content (AvgIpc) is 2.25. The lowest BCUT2D eigenvalue weighted by molar-refractivity contribution is 0.318. The van der Waals surface area contributed by atoms with Crippen LogP contribution in [0.5, 0.6) is 5.75 Å². The highest BCUT2D eigenvalue weighted by Crippen LogP contribution is 2.25. The van der Waals surface area contributed by atoms with E-state index in [9.17, 15) is 0 Å². The molecule has 0 saturated heterocycles. The number of nitrogens with zero attached hydrogens (tertiary/aromatic N) is 2. The molecule has 0 saturated carbocycles. The van der Waals surface area contributed by atoms with Crippen LogP contribution in [0.2, 0.25) is 10.4 Å². The summed E-state index contributed by atoms with van der Waals surface area (Å²) in [6, 6.07) is 5.49. The van der Waals surface area contributed by atoms with Gasteiger partial charge in [0.2, 0.25) is 5.28 Å². The van der Waals surface area contributed by atoms with Gasteiger partial charge in [-0.15, -0.1) is 0 Å². The smallest absolute Gasteiger partial charge is 0.224 e. The van der Waals surface area contributed by atoms with Crippen molar-refractivity contribution < 1.29 is 4.74 Å². The molecule has 0 atom stereocenters. The summed E-state index contributed by atoms with van der Waals surface area (Å²) in [6.07, 6.45) is 0.962. The van der Waals surface area contributed by atoms with Crippen molar-refractivity contribution in [1.29, 1.82) is 0 Å². The molecule has 16 heavy (non-hydrogen) atoms. The number of aromatic nitrogens is 2. The van der Waals surface area contributed by atoms with E-state index in [4.69, 9.17) is 27.9 Å². The molecule has 3 nitrogen and oxygen atoms in total. The third-order valence-corrected chi connectivity index (χ3v) is 2.52. The second-order valence-electron chi connectivity index (χ2n) is 3.31. The average molecular weight is 257 g/mol. The quantitative estimate of drug-likeness (QED) is 0.620. The van der Waals surface area contributed by atoms with Crippen molar-refractivity contribution in [1.82, 2.24) is 9.97 Å². The van der Waals surface area contributed by atoms with Crippen LogP contribution >= 0.6 is 23.2 Å². The third kappa shape index (κ3) is 2.36. The normalized spacial score (nSPS) is 10.7. The van der Waals surface area contributed by atoms with Crippen LogP contribution < -0.4 is 4.74 Å². The van der Waals surface area contributed by atoms with Gasteiger partial charge in [-0.25, -0.2) is 9.97 Å². The van der Waals surface area contributed by atoms with Crippen molar-refractivity contribution in [2.24, 2.45) is 0 Å². The van der Waals surface area contributed by atoms with E-state index < -0.39 is 0 Å². The van der Waals surface area contributed by atoms with E-state index in [0.717, 1.165) is 17.6 Å². The van der Waals surface area contributed by atoms with Gasteiger partial charge in [0.15, 0.2) is 0 Å². The summed E-state index contributed by atoms with van der Waals surface area (Å²) in [4.78, 5) is 7.97. The number of benzene rings is 1. The molecule has 2 rings (SSSR count). The van der Waals surface area contributed by atoms with Crippen LogP contribution in [0.15, 0.2) is 18.2 Å². The standard InChI is InChI=1S/C11H10Cl2N2O/c1-2-5-16-7-3-4-8-9(6-7)14-11(13)15-10(8)12/h3-4,6H,2,5H2,1H3. The molecule has 0 fully saturated rings. The van der Waals surface area contributed by atoms with Crippen molar-refractivity contribution >= 4 is 34.1 Å². The number of fused-ring (bicyclic) bond motifs is 1. The summed E-state index contributed by atoms with van der Waals surface area (Å²) in [6.45, 7) is 2.73. The first-order valence-electron chi connectivity index (χ1n) is 4.96. The topological polar surface area (TPSA) is 35.0 Å². The van der Waals surface area contributed by atoms with E-state index in [-0.39, 0.29) is 5.28 Å². The van der Waals surface area contributed by atoms with Gasteiger partial charge in [-0.05, 0) is 30.2 Å². The van der Waals surface area contributed by atoms with Gasteiger partial charge in [0.1, 0.15) is 10.9 Å². The predicted molar refractivity (Wildman–Crippen MR) is 65.3 cm³/mol. The van der Waals surface area contributed by atoms with E-state index in [1.165, 1.54) is 0 Å². The van der Waals surface area contributed by atoms with Crippen molar-refractivity contribution in [3.63, 3.8) is 0 Å². The Morgan fingerprint density at radius 1 is 1.25 bits per heavy atom. The third-order valence-electron chi connectivity index (χ3n) is 2.07. The van der Waals surface area contributed by atoms with Gasteiger partial charge < -0.3 is 4.74 Å². The number of halogens is 2. The van der Waals surface area contributed by atoms with E-state index in [0.29, 0.717) is 17.3 Å². The molecular weight excluding hydrogens is 247 g/mol. The highest BCUT2D eigenvalue weighted by atomic mass is 35.5. The summed E-state index contributed by atoms with van der Waals surface area (Å²) in [5.74, 6) is 0.764. The van der Waals surface area contributed by atoms with Gasteiger partial charge in [0.25, 0.3) is 0 Å². The first kappa shape index (κ1) is 11.4. The zero-order valence-electron chi connectivity index (χ0n) is 8.70. The highest BCUT2D eigenvalue weighted by molar-refractivity contribution is 6.35. The van der Waals surface area contributed by atoms with Gasteiger partial charge in [0.05, 0.1) is 12.1 Å². The molecule has 0 aliphatic carbocycles. The van der Waals surface area contributed by atoms with Crippen LogP contribution in [-0.2, 0) is 0 Å². The fraction of sp³-hybridized carbons (Fsp3) is 0.273. The fourth-order valence-electron chi connectivity index (χ4n) is 1.35. The van der Waals surface area contributed by atoms with Crippen molar-refractivity contribution in [3.8, 4) is 5.75 Å². The fourth-order valence-corrected chi connectivity index (χ4v) is 1.81. The minimum Gasteiger partial charge on any atom is -0.494 e. The van der Waals surface area contributed by atoms with Crippen LogP contribution in [0.4, 0.5) is 0 Å². The Bertz CT molecular complexity index is 517. The molecule has 0 amide bonds. The van der Waals surface area contributed by atoms with Crippen molar-refractivity contribution in [2.45, 2.75) is 13.3 Å². The van der Waals surface area contributed by atoms with Gasteiger partial charge >= 0.3 is 0 Å². The Hall–Kier alpha value is -1.06. The zero-order valence-corrected chi connectivity index (χ0v) is 10.2. The van der Waals surface area contributed by atoms with Gasteiger partial charge in [-0.3, -0.25) is 0 Å². The van der Waals surface area contributed by atoms with Crippen LogP contribution in [-0.4, -0.2) is 16.6 Å². The van der Waals surface area contributed by atoms with E-state index in [2.05, 4.69) is 16.9 Å². The lowest BCUT2D eigenvalue weighted by Gasteiger charge is -2.06. The second kappa shape index (κ2) is 4.85. The van der Waals surface area contributed by atoms with Crippen LogP contribution in [0.25, 0.3) is 10.9 Å². The molecule has 2 aromatic rings. The SMILES string of the molecule is CCCOc1ccc2c(Cl)nc(Cl)nc2c1. The maximum atomic E-state index is 5.94. The number of ether oxygens (including phenoxy) is 1. The summed E-state index contributed by atoms with van der Waals surface area (Å²) in [5.41, 5.74) is 0.693. The maximum absolute atomic E-state index is 5.94.